The third-order valence-corrected chi connectivity index (χ3v) is 5.44. The summed E-state index contributed by atoms with van der Waals surface area (Å²) in [5.74, 6) is 0.208. The van der Waals surface area contributed by atoms with E-state index in [1.165, 1.54) is 5.56 Å². The highest BCUT2D eigenvalue weighted by molar-refractivity contribution is 9.10. The van der Waals surface area contributed by atoms with Crippen LogP contribution >= 0.6 is 15.9 Å². The number of aromatic nitrogens is 1. The normalized spacial score (nSPS) is 16.1. The van der Waals surface area contributed by atoms with E-state index in [-0.39, 0.29) is 11.2 Å². The monoisotopic (exact) mass is 393 g/mol. The third-order valence-electron chi connectivity index (χ3n) is 4.91. The first-order chi connectivity index (χ1) is 11.8. The lowest BCUT2D eigenvalue weighted by atomic mass is 9.73. The summed E-state index contributed by atoms with van der Waals surface area (Å²) in [6, 6.07) is 14.5. The number of carbonyl (C=O) groups excluding carboxylic acids is 1. The highest BCUT2D eigenvalue weighted by Gasteiger charge is 2.34. The standard InChI is InChI=1S/C22H20BrNO/c1-13-4-9-17-16(10-13)20(14-5-7-15(23)8-6-14)21-18(24-17)11-22(2,3)12-19(21)25/h4-10H,11-12H2,1-3H3. The fourth-order valence-corrected chi connectivity index (χ4v) is 4.08. The molecule has 0 amide bonds. The fraction of sp³-hybridized carbons (Fsp3) is 0.273. The first-order valence-corrected chi connectivity index (χ1v) is 9.36. The maximum absolute atomic E-state index is 13.0. The average molecular weight is 394 g/mol. The minimum atomic E-state index is -0.0353. The van der Waals surface area contributed by atoms with Crippen LogP contribution in [-0.2, 0) is 6.42 Å². The molecule has 0 N–H and O–H groups in total. The lowest BCUT2D eigenvalue weighted by Gasteiger charge is -2.31. The molecule has 0 saturated heterocycles. The Morgan fingerprint density at radius 2 is 1.72 bits per heavy atom. The zero-order chi connectivity index (χ0) is 17.8. The molecule has 0 atom stereocenters. The molecule has 0 fully saturated rings. The molecule has 1 aliphatic carbocycles. The second-order valence-corrected chi connectivity index (χ2v) is 8.69. The van der Waals surface area contributed by atoms with Crippen LogP contribution in [0.2, 0.25) is 0 Å². The molecule has 2 nitrogen and oxygen atoms in total. The number of pyridine rings is 1. The van der Waals surface area contributed by atoms with Gasteiger partial charge < -0.3 is 0 Å². The molecule has 0 radical (unpaired) electrons. The van der Waals surface area contributed by atoms with Gasteiger partial charge in [-0.2, -0.15) is 0 Å². The van der Waals surface area contributed by atoms with Crippen molar-refractivity contribution in [2.24, 2.45) is 5.41 Å². The van der Waals surface area contributed by atoms with Gasteiger partial charge in [0.1, 0.15) is 0 Å². The molecule has 4 rings (SSSR count). The minimum Gasteiger partial charge on any atom is -0.294 e. The van der Waals surface area contributed by atoms with Gasteiger partial charge in [0.15, 0.2) is 5.78 Å². The van der Waals surface area contributed by atoms with Crippen LogP contribution in [-0.4, -0.2) is 10.8 Å². The lowest BCUT2D eigenvalue weighted by Crippen LogP contribution is -2.28. The number of aryl methyl sites for hydroxylation is 1. The topological polar surface area (TPSA) is 30.0 Å². The summed E-state index contributed by atoms with van der Waals surface area (Å²) < 4.78 is 1.03. The van der Waals surface area contributed by atoms with Gasteiger partial charge in [-0.3, -0.25) is 9.78 Å². The van der Waals surface area contributed by atoms with Crippen LogP contribution in [0.3, 0.4) is 0 Å². The Labute approximate surface area is 156 Å². The summed E-state index contributed by atoms with van der Waals surface area (Å²) in [5.41, 5.74) is 5.98. The predicted molar refractivity (Wildman–Crippen MR) is 106 cm³/mol. The Morgan fingerprint density at radius 1 is 1.00 bits per heavy atom. The number of halogens is 1. The van der Waals surface area contributed by atoms with Crippen LogP contribution in [0, 0.1) is 12.3 Å². The quantitative estimate of drug-likeness (QED) is 0.497. The molecular weight excluding hydrogens is 374 g/mol. The van der Waals surface area contributed by atoms with E-state index in [0.29, 0.717) is 6.42 Å². The molecule has 1 aliphatic rings. The second kappa shape index (κ2) is 5.77. The highest BCUT2D eigenvalue weighted by Crippen LogP contribution is 2.41. The van der Waals surface area contributed by atoms with Gasteiger partial charge in [-0.1, -0.05) is 53.5 Å². The molecular formula is C22H20BrNO. The van der Waals surface area contributed by atoms with Gasteiger partial charge >= 0.3 is 0 Å². The molecule has 0 spiro atoms. The van der Waals surface area contributed by atoms with E-state index < -0.39 is 0 Å². The van der Waals surface area contributed by atoms with Crippen LogP contribution in [0.1, 0.15) is 41.9 Å². The van der Waals surface area contributed by atoms with Crippen LogP contribution < -0.4 is 0 Å². The van der Waals surface area contributed by atoms with Crippen molar-refractivity contribution in [3.05, 3.63) is 63.8 Å². The maximum Gasteiger partial charge on any atom is 0.165 e. The minimum absolute atomic E-state index is 0.0353. The van der Waals surface area contributed by atoms with E-state index in [2.05, 4.69) is 67.0 Å². The van der Waals surface area contributed by atoms with Crippen molar-refractivity contribution in [3.63, 3.8) is 0 Å². The van der Waals surface area contributed by atoms with E-state index in [1.54, 1.807) is 0 Å². The van der Waals surface area contributed by atoms with Gasteiger partial charge in [-0.05, 0) is 48.6 Å². The number of nitrogens with zero attached hydrogens (tertiary/aromatic N) is 1. The SMILES string of the molecule is Cc1ccc2nc3c(c(-c4ccc(Br)cc4)c2c1)C(=O)CC(C)(C)C3. The zero-order valence-electron chi connectivity index (χ0n) is 14.7. The number of carbonyl (C=O) groups is 1. The number of hydrogen-bond donors (Lipinski definition) is 0. The summed E-state index contributed by atoms with van der Waals surface area (Å²) >= 11 is 3.50. The first-order valence-electron chi connectivity index (χ1n) is 8.56. The highest BCUT2D eigenvalue weighted by atomic mass is 79.9. The Kier molecular flexibility index (Phi) is 3.80. The van der Waals surface area contributed by atoms with E-state index in [0.717, 1.165) is 44.2 Å². The smallest absolute Gasteiger partial charge is 0.165 e. The molecule has 1 aromatic heterocycles. The Balaban J connectivity index is 2.11. The summed E-state index contributed by atoms with van der Waals surface area (Å²) in [5, 5.41) is 1.06. The van der Waals surface area contributed by atoms with E-state index >= 15 is 0 Å². The van der Waals surface area contributed by atoms with Crippen molar-refractivity contribution in [1.29, 1.82) is 0 Å². The Morgan fingerprint density at radius 3 is 2.44 bits per heavy atom. The number of hydrogen-bond acceptors (Lipinski definition) is 2. The first kappa shape index (κ1) is 16.5. The van der Waals surface area contributed by atoms with Crippen molar-refractivity contribution >= 4 is 32.6 Å². The van der Waals surface area contributed by atoms with Crippen molar-refractivity contribution in [2.75, 3.05) is 0 Å². The van der Waals surface area contributed by atoms with Crippen molar-refractivity contribution < 1.29 is 4.79 Å². The van der Waals surface area contributed by atoms with Gasteiger partial charge in [0.25, 0.3) is 0 Å². The molecule has 0 saturated carbocycles. The summed E-state index contributed by atoms with van der Waals surface area (Å²) in [6.07, 6.45) is 1.41. The van der Waals surface area contributed by atoms with Crippen molar-refractivity contribution in [1.82, 2.24) is 4.98 Å². The number of ketones is 1. The summed E-state index contributed by atoms with van der Waals surface area (Å²) in [7, 11) is 0. The van der Waals surface area contributed by atoms with E-state index in [1.807, 2.05) is 12.1 Å². The molecule has 3 heteroatoms. The second-order valence-electron chi connectivity index (χ2n) is 7.78. The van der Waals surface area contributed by atoms with Gasteiger partial charge in [0.2, 0.25) is 0 Å². The number of rotatable bonds is 1. The Hall–Kier alpha value is -2.00. The van der Waals surface area contributed by atoms with Crippen molar-refractivity contribution in [3.8, 4) is 11.1 Å². The summed E-state index contributed by atoms with van der Waals surface area (Å²) in [4.78, 5) is 17.9. The van der Waals surface area contributed by atoms with E-state index in [4.69, 9.17) is 4.98 Å². The van der Waals surface area contributed by atoms with Gasteiger partial charge in [0, 0.05) is 27.4 Å². The van der Waals surface area contributed by atoms with Gasteiger partial charge in [-0.15, -0.1) is 0 Å². The zero-order valence-corrected chi connectivity index (χ0v) is 16.3. The maximum atomic E-state index is 13.0. The molecule has 126 valence electrons. The van der Waals surface area contributed by atoms with Crippen molar-refractivity contribution in [2.45, 2.75) is 33.6 Å². The molecule has 3 aromatic rings. The fourth-order valence-electron chi connectivity index (χ4n) is 3.81. The summed E-state index contributed by atoms with van der Waals surface area (Å²) in [6.45, 7) is 6.37. The third kappa shape index (κ3) is 2.91. The number of benzene rings is 2. The molecule has 0 aliphatic heterocycles. The van der Waals surface area contributed by atoms with Crippen LogP contribution in [0.15, 0.2) is 46.9 Å². The average Bonchev–Trinajstić information content (AvgIpc) is 2.53. The van der Waals surface area contributed by atoms with Gasteiger partial charge in [0.05, 0.1) is 11.2 Å². The molecule has 2 aromatic carbocycles. The molecule has 25 heavy (non-hydrogen) atoms. The van der Waals surface area contributed by atoms with Crippen LogP contribution in [0.4, 0.5) is 0 Å². The molecule has 0 bridgehead atoms. The lowest BCUT2D eigenvalue weighted by molar-refractivity contribution is 0.0911. The largest absolute Gasteiger partial charge is 0.294 e. The molecule has 0 unspecified atom stereocenters. The Bertz CT molecular complexity index is 1000. The van der Waals surface area contributed by atoms with Crippen LogP contribution in [0.25, 0.3) is 22.0 Å². The predicted octanol–water partition coefficient (Wildman–Crippen LogP) is 6.13. The number of Topliss-reactive ketones (excluding diaryl/α,β-unsaturated/α-hetero) is 1. The molecule has 1 heterocycles. The van der Waals surface area contributed by atoms with E-state index in [9.17, 15) is 4.79 Å². The van der Waals surface area contributed by atoms with Gasteiger partial charge in [-0.25, -0.2) is 0 Å². The van der Waals surface area contributed by atoms with Crippen LogP contribution in [0.5, 0.6) is 0 Å². The number of fused-ring (bicyclic) bond motifs is 2.